The van der Waals surface area contributed by atoms with Crippen molar-refractivity contribution < 1.29 is 17.9 Å². The maximum Gasteiger partial charge on any atom is 0.304 e. The maximum atomic E-state index is 12.1. The van der Waals surface area contributed by atoms with Crippen molar-refractivity contribution in [3.63, 3.8) is 0 Å². The molecule has 114 valence electrons. The molecule has 0 saturated heterocycles. The third-order valence-corrected chi connectivity index (χ3v) is 5.27. The number of thiophene rings is 1. The standard InChI is InChI=1S/C10H12N4O5S2/c1-2-4-11-10-7(14(15)16)6-9(20-10)21(17,18)13-8-3-5-19-12-8/h3,5-6,11H,2,4H2,1H3,(H,12,13). The summed E-state index contributed by atoms with van der Waals surface area (Å²) in [4.78, 5) is 10.4. The minimum absolute atomic E-state index is 0.00844. The van der Waals surface area contributed by atoms with Crippen LogP contribution in [0.1, 0.15) is 13.3 Å². The van der Waals surface area contributed by atoms with Gasteiger partial charge < -0.3 is 9.84 Å². The van der Waals surface area contributed by atoms with Crippen LogP contribution in [-0.2, 0) is 10.0 Å². The Bertz CT molecular complexity index is 723. The van der Waals surface area contributed by atoms with Crippen molar-refractivity contribution in [2.24, 2.45) is 0 Å². The first-order chi connectivity index (χ1) is 9.94. The van der Waals surface area contributed by atoms with Crippen molar-refractivity contribution in [2.45, 2.75) is 17.6 Å². The van der Waals surface area contributed by atoms with Crippen molar-refractivity contribution in [1.29, 1.82) is 0 Å². The molecule has 0 aliphatic rings. The van der Waals surface area contributed by atoms with Gasteiger partial charge in [-0.05, 0) is 6.42 Å². The molecule has 21 heavy (non-hydrogen) atoms. The van der Waals surface area contributed by atoms with E-state index in [9.17, 15) is 18.5 Å². The molecule has 0 spiro atoms. The van der Waals surface area contributed by atoms with Crippen LogP contribution in [-0.4, -0.2) is 25.0 Å². The van der Waals surface area contributed by atoms with Gasteiger partial charge in [0, 0.05) is 18.7 Å². The lowest BCUT2D eigenvalue weighted by Gasteiger charge is -2.01. The zero-order chi connectivity index (χ0) is 15.5. The number of nitrogens with one attached hydrogen (secondary N) is 2. The predicted molar refractivity (Wildman–Crippen MR) is 77.1 cm³/mol. The summed E-state index contributed by atoms with van der Waals surface area (Å²) in [6.07, 6.45) is 1.97. The van der Waals surface area contributed by atoms with E-state index in [-0.39, 0.29) is 20.7 Å². The van der Waals surface area contributed by atoms with Crippen molar-refractivity contribution in [3.05, 3.63) is 28.5 Å². The molecule has 0 amide bonds. The van der Waals surface area contributed by atoms with Gasteiger partial charge >= 0.3 is 5.69 Å². The van der Waals surface area contributed by atoms with E-state index in [4.69, 9.17) is 0 Å². The molecule has 0 aliphatic carbocycles. The van der Waals surface area contributed by atoms with Gasteiger partial charge in [-0.3, -0.25) is 14.8 Å². The molecule has 0 radical (unpaired) electrons. The molecule has 2 aromatic rings. The third kappa shape index (κ3) is 3.49. The summed E-state index contributed by atoms with van der Waals surface area (Å²) in [5.74, 6) is 0.00844. The lowest BCUT2D eigenvalue weighted by Crippen LogP contribution is -2.11. The summed E-state index contributed by atoms with van der Waals surface area (Å²) in [5.41, 5.74) is -0.269. The number of sulfonamides is 1. The highest BCUT2D eigenvalue weighted by molar-refractivity contribution is 7.94. The topological polar surface area (TPSA) is 127 Å². The van der Waals surface area contributed by atoms with E-state index < -0.39 is 14.9 Å². The lowest BCUT2D eigenvalue weighted by molar-refractivity contribution is -0.383. The van der Waals surface area contributed by atoms with E-state index in [0.717, 1.165) is 23.8 Å². The van der Waals surface area contributed by atoms with Crippen LogP contribution in [0.4, 0.5) is 16.5 Å². The Morgan fingerprint density at radius 2 is 2.29 bits per heavy atom. The molecule has 2 rings (SSSR count). The normalized spacial score (nSPS) is 11.3. The molecular weight excluding hydrogens is 320 g/mol. The van der Waals surface area contributed by atoms with E-state index in [1.54, 1.807) is 0 Å². The van der Waals surface area contributed by atoms with Gasteiger partial charge in [-0.15, -0.1) is 0 Å². The summed E-state index contributed by atoms with van der Waals surface area (Å²) < 4.78 is 30.8. The Morgan fingerprint density at radius 3 is 2.86 bits per heavy atom. The maximum absolute atomic E-state index is 12.1. The molecule has 2 N–H and O–H groups in total. The number of hydrogen-bond acceptors (Lipinski definition) is 8. The molecule has 0 atom stereocenters. The molecule has 2 heterocycles. The Hall–Kier alpha value is -2.14. The molecule has 0 aliphatic heterocycles. The van der Waals surface area contributed by atoms with Crippen molar-refractivity contribution in [1.82, 2.24) is 5.16 Å². The fraction of sp³-hybridized carbons (Fsp3) is 0.300. The highest BCUT2D eigenvalue weighted by Gasteiger charge is 2.26. The average Bonchev–Trinajstić information content (AvgIpc) is 3.04. The number of anilines is 2. The van der Waals surface area contributed by atoms with Crippen LogP contribution in [0.15, 0.2) is 27.1 Å². The van der Waals surface area contributed by atoms with Gasteiger partial charge in [-0.1, -0.05) is 23.4 Å². The van der Waals surface area contributed by atoms with Gasteiger partial charge in [0.2, 0.25) is 0 Å². The monoisotopic (exact) mass is 332 g/mol. The Balaban J connectivity index is 2.32. The zero-order valence-corrected chi connectivity index (χ0v) is 12.5. The molecule has 0 fully saturated rings. The number of nitro groups is 1. The van der Waals surface area contributed by atoms with Crippen LogP contribution >= 0.6 is 11.3 Å². The number of aromatic nitrogens is 1. The molecule has 0 bridgehead atoms. The number of nitrogens with zero attached hydrogens (tertiary/aromatic N) is 2. The zero-order valence-electron chi connectivity index (χ0n) is 10.9. The largest absolute Gasteiger partial charge is 0.371 e. The number of hydrogen-bond donors (Lipinski definition) is 2. The Morgan fingerprint density at radius 1 is 1.52 bits per heavy atom. The Labute approximate surface area is 124 Å². The second-order valence-corrected chi connectivity index (χ2v) is 6.92. The smallest absolute Gasteiger partial charge is 0.304 e. The van der Waals surface area contributed by atoms with Crippen molar-refractivity contribution >= 4 is 37.9 Å². The van der Waals surface area contributed by atoms with Gasteiger partial charge in [-0.25, -0.2) is 8.42 Å². The molecule has 0 unspecified atom stereocenters. The minimum Gasteiger partial charge on any atom is -0.371 e. The van der Waals surface area contributed by atoms with Crippen LogP contribution in [0.5, 0.6) is 0 Å². The molecule has 0 saturated carbocycles. The minimum atomic E-state index is -3.94. The van der Waals surface area contributed by atoms with E-state index in [1.165, 1.54) is 12.3 Å². The van der Waals surface area contributed by atoms with Crippen LogP contribution in [0.2, 0.25) is 0 Å². The fourth-order valence-corrected chi connectivity index (χ4v) is 3.79. The summed E-state index contributed by atoms with van der Waals surface area (Å²) in [5, 5.41) is 17.5. The summed E-state index contributed by atoms with van der Waals surface area (Å²) >= 11 is 0.795. The fourth-order valence-electron chi connectivity index (χ4n) is 1.45. The highest BCUT2D eigenvalue weighted by atomic mass is 32.2. The van der Waals surface area contributed by atoms with E-state index in [2.05, 4.69) is 19.7 Å². The summed E-state index contributed by atoms with van der Waals surface area (Å²) in [6.45, 7) is 2.41. The van der Waals surface area contributed by atoms with Crippen LogP contribution in [0.25, 0.3) is 0 Å². The summed E-state index contributed by atoms with van der Waals surface area (Å²) in [6, 6.07) is 2.35. The molecule has 0 aromatic carbocycles. The Kier molecular flexibility index (Phi) is 4.43. The first kappa shape index (κ1) is 15.3. The van der Waals surface area contributed by atoms with Crippen LogP contribution in [0, 0.1) is 10.1 Å². The lowest BCUT2D eigenvalue weighted by atomic mass is 10.4. The highest BCUT2D eigenvalue weighted by Crippen LogP contribution is 2.37. The van der Waals surface area contributed by atoms with E-state index >= 15 is 0 Å². The molecular formula is C10H12N4O5S2. The van der Waals surface area contributed by atoms with Crippen molar-refractivity contribution in [2.75, 3.05) is 16.6 Å². The molecule has 9 nitrogen and oxygen atoms in total. The average molecular weight is 332 g/mol. The van der Waals surface area contributed by atoms with Gasteiger partial charge in [0.05, 0.1) is 4.92 Å². The first-order valence-electron chi connectivity index (χ1n) is 5.89. The van der Waals surface area contributed by atoms with Gasteiger partial charge in [0.1, 0.15) is 10.5 Å². The molecule has 11 heteroatoms. The van der Waals surface area contributed by atoms with Gasteiger partial charge in [0.15, 0.2) is 10.8 Å². The third-order valence-electron chi connectivity index (χ3n) is 2.36. The van der Waals surface area contributed by atoms with E-state index in [0.29, 0.717) is 6.54 Å². The predicted octanol–water partition coefficient (Wildman–Crippen LogP) is 2.27. The quantitative estimate of drug-likeness (QED) is 0.588. The van der Waals surface area contributed by atoms with Crippen LogP contribution < -0.4 is 10.0 Å². The van der Waals surface area contributed by atoms with E-state index in [1.807, 2.05) is 6.92 Å². The summed E-state index contributed by atoms with van der Waals surface area (Å²) in [7, 11) is -3.94. The number of rotatable bonds is 7. The van der Waals surface area contributed by atoms with Crippen LogP contribution in [0.3, 0.4) is 0 Å². The van der Waals surface area contributed by atoms with Crippen molar-refractivity contribution in [3.8, 4) is 0 Å². The van der Waals surface area contributed by atoms with Gasteiger partial charge in [-0.2, -0.15) is 0 Å². The second kappa shape index (κ2) is 6.10. The molecule has 2 aromatic heterocycles. The first-order valence-corrected chi connectivity index (χ1v) is 8.19. The SMILES string of the molecule is CCCNc1sc(S(=O)(=O)Nc2ccon2)cc1[N+](=O)[O-]. The van der Waals surface area contributed by atoms with Gasteiger partial charge in [0.25, 0.3) is 10.0 Å². The second-order valence-electron chi connectivity index (χ2n) is 3.95.